The number of carbonyl (C=O) groups is 1. The van der Waals surface area contributed by atoms with Crippen LogP contribution in [0.2, 0.25) is 5.02 Å². The fourth-order valence-electron chi connectivity index (χ4n) is 2.42. The molecule has 3 rings (SSSR count). The van der Waals surface area contributed by atoms with Crippen LogP contribution in [-0.2, 0) is 11.8 Å². The number of hydrogen-bond acceptors (Lipinski definition) is 6. The van der Waals surface area contributed by atoms with Gasteiger partial charge < -0.3 is 9.88 Å². The summed E-state index contributed by atoms with van der Waals surface area (Å²) >= 11 is 7.16. The van der Waals surface area contributed by atoms with E-state index in [0.29, 0.717) is 21.7 Å². The Morgan fingerprint density at radius 1 is 1.25 bits per heavy atom. The summed E-state index contributed by atoms with van der Waals surface area (Å²) in [5.74, 6) is 0.368. The van der Waals surface area contributed by atoms with Gasteiger partial charge in [0.05, 0.1) is 10.2 Å². The van der Waals surface area contributed by atoms with Gasteiger partial charge in [0, 0.05) is 35.5 Å². The number of halogens is 1. The molecular weight excluding hydrogens is 402 g/mol. The maximum Gasteiger partial charge on any atom is 0.271 e. The van der Waals surface area contributed by atoms with E-state index in [1.807, 2.05) is 19.2 Å². The molecule has 0 radical (unpaired) electrons. The van der Waals surface area contributed by atoms with Crippen LogP contribution in [0.1, 0.15) is 6.92 Å². The van der Waals surface area contributed by atoms with Crippen LogP contribution in [0.4, 0.5) is 11.4 Å². The number of amides is 1. The van der Waals surface area contributed by atoms with Gasteiger partial charge in [0.15, 0.2) is 11.0 Å². The molecule has 0 saturated carbocycles. The van der Waals surface area contributed by atoms with Crippen molar-refractivity contribution in [3.8, 4) is 11.4 Å². The fourth-order valence-corrected chi connectivity index (χ4v) is 3.36. The number of thioether (sulfide) groups is 1. The number of nitrogens with one attached hydrogen (secondary N) is 1. The predicted molar refractivity (Wildman–Crippen MR) is 108 cm³/mol. The molecule has 1 amide bonds. The monoisotopic (exact) mass is 417 g/mol. The molecular formula is C18H16ClN5O3S. The Morgan fingerprint density at radius 3 is 2.64 bits per heavy atom. The second-order valence-corrected chi connectivity index (χ2v) is 7.67. The molecule has 0 aliphatic rings. The first-order chi connectivity index (χ1) is 13.3. The molecule has 0 saturated heterocycles. The van der Waals surface area contributed by atoms with E-state index in [9.17, 15) is 14.9 Å². The van der Waals surface area contributed by atoms with Gasteiger partial charge in [-0.15, -0.1) is 10.2 Å². The molecule has 10 heteroatoms. The lowest BCUT2D eigenvalue weighted by atomic mass is 10.2. The maximum atomic E-state index is 12.4. The Kier molecular flexibility index (Phi) is 5.96. The molecule has 0 spiro atoms. The van der Waals surface area contributed by atoms with Gasteiger partial charge in [0.25, 0.3) is 5.69 Å². The van der Waals surface area contributed by atoms with Crippen LogP contribution in [0.15, 0.2) is 53.7 Å². The molecule has 0 aliphatic heterocycles. The Labute approximate surface area is 170 Å². The molecule has 0 unspecified atom stereocenters. The van der Waals surface area contributed by atoms with Gasteiger partial charge in [0.1, 0.15) is 0 Å². The Hall–Kier alpha value is -2.91. The van der Waals surface area contributed by atoms with E-state index in [-0.39, 0.29) is 11.6 Å². The van der Waals surface area contributed by atoms with Crippen molar-refractivity contribution in [3.63, 3.8) is 0 Å². The Bertz CT molecular complexity index is 1020. The molecule has 3 aromatic rings. The van der Waals surface area contributed by atoms with Gasteiger partial charge in [-0.1, -0.05) is 29.4 Å². The van der Waals surface area contributed by atoms with E-state index in [2.05, 4.69) is 15.5 Å². The summed E-state index contributed by atoms with van der Waals surface area (Å²) in [4.78, 5) is 22.8. The van der Waals surface area contributed by atoms with Crippen molar-refractivity contribution < 1.29 is 9.72 Å². The van der Waals surface area contributed by atoms with Crippen molar-refractivity contribution in [1.29, 1.82) is 0 Å². The minimum Gasteiger partial charge on any atom is -0.325 e. The number of non-ortho nitro benzene ring substituents is 1. The minimum atomic E-state index is -0.508. The van der Waals surface area contributed by atoms with E-state index < -0.39 is 10.2 Å². The molecule has 0 fully saturated rings. The summed E-state index contributed by atoms with van der Waals surface area (Å²) in [5, 5.41) is 22.6. The standard InChI is InChI=1S/C18H16ClN5O3S/c1-11(17(25)20-14-4-3-5-15(10-14)24(26)27)28-18-22-21-16(23(18)2)12-6-8-13(19)9-7-12/h3-11H,1-2H3,(H,20,25)/t11-/m1/s1. The zero-order valence-corrected chi connectivity index (χ0v) is 16.6. The number of nitro groups is 1. The molecule has 1 atom stereocenters. The SMILES string of the molecule is C[C@@H](Sc1nnc(-c2ccc(Cl)cc2)n1C)C(=O)Nc1cccc([N+](=O)[O-])c1. The molecule has 1 aromatic heterocycles. The zero-order valence-electron chi connectivity index (χ0n) is 15.0. The van der Waals surface area contributed by atoms with Crippen LogP contribution in [0, 0.1) is 10.1 Å². The summed E-state index contributed by atoms with van der Waals surface area (Å²) in [6.07, 6.45) is 0. The van der Waals surface area contributed by atoms with Crippen LogP contribution in [0.3, 0.4) is 0 Å². The molecule has 0 aliphatic carbocycles. The van der Waals surface area contributed by atoms with E-state index in [0.717, 1.165) is 5.56 Å². The summed E-state index contributed by atoms with van der Waals surface area (Å²) in [6.45, 7) is 1.73. The molecule has 0 bridgehead atoms. The van der Waals surface area contributed by atoms with Crippen LogP contribution < -0.4 is 5.32 Å². The topological polar surface area (TPSA) is 103 Å². The van der Waals surface area contributed by atoms with Crippen LogP contribution in [0.5, 0.6) is 0 Å². The molecule has 1 N–H and O–H groups in total. The highest BCUT2D eigenvalue weighted by molar-refractivity contribution is 8.00. The fraction of sp³-hybridized carbons (Fsp3) is 0.167. The number of carbonyl (C=O) groups excluding carboxylic acids is 1. The van der Waals surface area contributed by atoms with Crippen molar-refractivity contribution in [2.24, 2.45) is 7.05 Å². The number of anilines is 1. The third-order valence-electron chi connectivity index (χ3n) is 3.91. The maximum absolute atomic E-state index is 12.4. The zero-order chi connectivity index (χ0) is 20.3. The molecule has 8 nitrogen and oxygen atoms in total. The molecule has 28 heavy (non-hydrogen) atoms. The Morgan fingerprint density at radius 2 is 1.96 bits per heavy atom. The molecule has 144 valence electrons. The summed E-state index contributed by atoms with van der Waals surface area (Å²) in [5.41, 5.74) is 1.14. The quantitative estimate of drug-likeness (QED) is 0.367. The summed E-state index contributed by atoms with van der Waals surface area (Å²) in [7, 11) is 1.82. The van der Waals surface area contributed by atoms with Gasteiger partial charge in [-0.3, -0.25) is 14.9 Å². The molecule has 2 aromatic carbocycles. The van der Waals surface area contributed by atoms with Crippen LogP contribution in [0.25, 0.3) is 11.4 Å². The summed E-state index contributed by atoms with van der Waals surface area (Å²) in [6, 6.07) is 13.0. The number of nitrogens with zero attached hydrogens (tertiary/aromatic N) is 4. The third-order valence-corrected chi connectivity index (χ3v) is 5.30. The average molecular weight is 418 g/mol. The normalized spacial score (nSPS) is 11.8. The smallest absolute Gasteiger partial charge is 0.271 e. The lowest BCUT2D eigenvalue weighted by Gasteiger charge is -2.11. The van der Waals surface area contributed by atoms with E-state index in [1.165, 1.54) is 30.0 Å². The van der Waals surface area contributed by atoms with Crippen molar-refractivity contribution in [1.82, 2.24) is 14.8 Å². The number of aromatic nitrogens is 3. The van der Waals surface area contributed by atoms with Crippen LogP contribution in [-0.4, -0.2) is 30.8 Å². The van der Waals surface area contributed by atoms with E-state index in [1.54, 1.807) is 29.7 Å². The van der Waals surface area contributed by atoms with Crippen molar-refractivity contribution in [2.75, 3.05) is 5.32 Å². The molecule has 1 heterocycles. The summed E-state index contributed by atoms with van der Waals surface area (Å²) < 4.78 is 1.80. The Balaban J connectivity index is 1.70. The third kappa shape index (κ3) is 4.49. The highest BCUT2D eigenvalue weighted by Crippen LogP contribution is 2.27. The lowest BCUT2D eigenvalue weighted by molar-refractivity contribution is -0.384. The van der Waals surface area contributed by atoms with E-state index in [4.69, 9.17) is 11.6 Å². The van der Waals surface area contributed by atoms with Gasteiger partial charge >= 0.3 is 0 Å². The number of benzene rings is 2. The van der Waals surface area contributed by atoms with Gasteiger partial charge in [-0.05, 0) is 37.3 Å². The van der Waals surface area contributed by atoms with Gasteiger partial charge in [-0.2, -0.15) is 0 Å². The first kappa shape index (κ1) is 19.8. The number of hydrogen-bond donors (Lipinski definition) is 1. The first-order valence-corrected chi connectivity index (χ1v) is 9.48. The average Bonchev–Trinajstić information content (AvgIpc) is 3.03. The lowest BCUT2D eigenvalue weighted by Crippen LogP contribution is -2.22. The minimum absolute atomic E-state index is 0.0842. The highest BCUT2D eigenvalue weighted by Gasteiger charge is 2.20. The van der Waals surface area contributed by atoms with E-state index >= 15 is 0 Å². The number of nitro benzene ring substituents is 1. The first-order valence-electron chi connectivity index (χ1n) is 8.22. The second-order valence-electron chi connectivity index (χ2n) is 5.93. The van der Waals surface area contributed by atoms with Gasteiger partial charge in [-0.25, -0.2) is 0 Å². The number of rotatable bonds is 6. The van der Waals surface area contributed by atoms with Crippen molar-refractivity contribution in [2.45, 2.75) is 17.3 Å². The highest BCUT2D eigenvalue weighted by atomic mass is 35.5. The largest absolute Gasteiger partial charge is 0.325 e. The van der Waals surface area contributed by atoms with Gasteiger partial charge in [0.2, 0.25) is 5.91 Å². The van der Waals surface area contributed by atoms with Crippen molar-refractivity contribution in [3.05, 3.63) is 63.7 Å². The second kappa shape index (κ2) is 8.41. The van der Waals surface area contributed by atoms with Crippen molar-refractivity contribution >= 4 is 40.6 Å². The predicted octanol–water partition coefficient (Wildman–Crippen LogP) is 4.16. The van der Waals surface area contributed by atoms with Crippen LogP contribution >= 0.6 is 23.4 Å².